The van der Waals surface area contributed by atoms with E-state index < -0.39 is 0 Å². The largest absolute Gasteiger partial charge is 0.308 e. The van der Waals surface area contributed by atoms with Crippen LogP contribution in [0.15, 0.2) is 0 Å². The van der Waals surface area contributed by atoms with Gasteiger partial charge in [-0.25, -0.2) is 0 Å². The lowest BCUT2D eigenvalue weighted by Gasteiger charge is -2.34. The number of hydrogen-bond acceptors (Lipinski definition) is 3. The average Bonchev–Trinajstić information content (AvgIpc) is 2.50. The van der Waals surface area contributed by atoms with Crippen LogP contribution in [0, 0.1) is 13.8 Å². The minimum Gasteiger partial charge on any atom is -0.308 e. The van der Waals surface area contributed by atoms with Gasteiger partial charge in [-0.15, -0.1) is 0 Å². The molecule has 1 N–H and O–H groups in total. The molecule has 4 heteroatoms. The molecule has 0 spiro atoms. The zero-order valence-corrected chi connectivity index (χ0v) is 13.1. The van der Waals surface area contributed by atoms with Gasteiger partial charge in [0.05, 0.1) is 5.69 Å². The van der Waals surface area contributed by atoms with E-state index in [1.54, 1.807) is 0 Å². The van der Waals surface area contributed by atoms with Gasteiger partial charge in [0.25, 0.3) is 0 Å². The molecule has 4 nitrogen and oxygen atoms in total. The van der Waals surface area contributed by atoms with Gasteiger partial charge in [-0.3, -0.25) is 4.68 Å². The minimum absolute atomic E-state index is 0.151. The molecule has 1 unspecified atom stereocenters. The summed E-state index contributed by atoms with van der Waals surface area (Å²) in [4.78, 5) is 2.25. The summed E-state index contributed by atoms with van der Waals surface area (Å²) in [6.07, 6.45) is 0. The molecule has 1 rings (SSSR count). The van der Waals surface area contributed by atoms with E-state index in [0.717, 1.165) is 12.2 Å². The Kier molecular flexibility index (Phi) is 4.56. The SMILES string of the molecule is Cc1nn(C)c(C)c1C(C)NCC(C)(C)N(C)C. The Labute approximate surface area is 111 Å². The Hall–Kier alpha value is -0.870. The van der Waals surface area contributed by atoms with Crippen LogP contribution in [0.2, 0.25) is 0 Å². The van der Waals surface area contributed by atoms with E-state index in [1.165, 1.54) is 11.3 Å². The van der Waals surface area contributed by atoms with Gasteiger partial charge in [0.1, 0.15) is 0 Å². The van der Waals surface area contributed by atoms with Gasteiger partial charge in [0.15, 0.2) is 0 Å². The molecule has 1 heterocycles. The van der Waals surface area contributed by atoms with Crippen LogP contribution in [0.4, 0.5) is 0 Å². The molecule has 0 aliphatic heterocycles. The van der Waals surface area contributed by atoms with Gasteiger partial charge in [0, 0.05) is 36.4 Å². The van der Waals surface area contributed by atoms with Crippen LogP contribution in [-0.2, 0) is 7.05 Å². The molecular formula is C14H28N4. The summed E-state index contributed by atoms with van der Waals surface area (Å²) >= 11 is 0. The summed E-state index contributed by atoms with van der Waals surface area (Å²) < 4.78 is 1.96. The minimum atomic E-state index is 0.151. The Bertz CT molecular complexity index is 404. The van der Waals surface area contributed by atoms with Crippen molar-refractivity contribution in [2.45, 2.75) is 46.2 Å². The van der Waals surface area contributed by atoms with Crippen LogP contribution in [-0.4, -0.2) is 40.9 Å². The van der Waals surface area contributed by atoms with Gasteiger partial charge in [-0.05, 0) is 48.7 Å². The second-order valence-corrected chi connectivity index (χ2v) is 6.02. The molecule has 0 amide bonds. The topological polar surface area (TPSA) is 33.1 Å². The van der Waals surface area contributed by atoms with E-state index in [1.807, 2.05) is 11.7 Å². The third kappa shape index (κ3) is 3.12. The van der Waals surface area contributed by atoms with Crippen molar-refractivity contribution in [3.63, 3.8) is 0 Å². The molecule has 0 saturated carbocycles. The maximum absolute atomic E-state index is 4.48. The molecule has 0 aliphatic rings. The second kappa shape index (κ2) is 5.41. The van der Waals surface area contributed by atoms with Crippen molar-refractivity contribution in [3.05, 3.63) is 17.0 Å². The molecule has 1 aromatic heterocycles. The molecule has 104 valence electrons. The second-order valence-electron chi connectivity index (χ2n) is 6.02. The van der Waals surface area contributed by atoms with Crippen molar-refractivity contribution in [3.8, 4) is 0 Å². The predicted octanol–water partition coefficient (Wildman–Crippen LogP) is 2.03. The maximum atomic E-state index is 4.48. The molecule has 0 aromatic carbocycles. The zero-order chi connectivity index (χ0) is 14.1. The molecule has 0 fully saturated rings. The van der Waals surface area contributed by atoms with Gasteiger partial charge < -0.3 is 10.2 Å². The molecule has 0 saturated heterocycles. The van der Waals surface area contributed by atoms with Gasteiger partial charge in [0.2, 0.25) is 0 Å². The third-order valence-electron chi connectivity index (χ3n) is 4.05. The van der Waals surface area contributed by atoms with Crippen LogP contribution in [0.5, 0.6) is 0 Å². The number of nitrogens with one attached hydrogen (secondary N) is 1. The third-order valence-corrected chi connectivity index (χ3v) is 4.05. The Balaban J connectivity index is 2.75. The van der Waals surface area contributed by atoms with Crippen LogP contribution in [0.3, 0.4) is 0 Å². The smallest absolute Gasteiger partial charge is 0.0644 e. The van der Waals surface area contributed by atoms with Crippen molar-refractivity contribution in [1.82, 2.24) is 20.0 Å². The molecule has 1 aromatic rings. The lowest BCUT2D eigenvalue weighted by atomic mass is 10.0. The Morgan fingerprint density at radius 2 is 1.89 bits per heavy atom. The Morgan fingerprint density at radius 1 is 1.33 bits per heavy atom. The standard InChI is InChI=1S/C14H28N4/c1-10(15-9-14(4,5)17(6)7)13-11(2)16-18(8)12(13)3/h10,15H,9H2,1-8H3. The van der Waals surface area contributed by atoms with E-state index in [9.17, 15) is 0 Å². The van der Waals surface area contributed by atoms with Crippen LogP contribution < -0.4 is 5.32 Å². The van der Waals surface area contributed by atoms with Crippen molar-refractivity contribution in [2.24, 2.45) is 7.05 Å². The first kappa shape index (κ1) is 15.2. The highest BCUT2D eigenvalue weighted by molar-refractivity contribution is 5.27. The van der Waals surface area contributed by atoms with Crippen molar-refractivity contribution in [1.29, 1.82) is 0 Å². The Morgan fingerprint density at radius 3 is 2.28 bits per heavy atom. The van der Waals surface area contributed by atoms with Gasteiger partial charge >= 0.3 is 0 Å². The zero-order valence-electron chi connectivity index (χ0n) is 13.1. The highest BCUT2D eigenvalue weighted by Gasteiger charge is 2.23. The first-order chi connectivity index (χ1) is 8.16. The van der Waals surface area contributed by atoms with Crippen molar-refractivity contribution in [2.75, 3.05) is 20.6 Å². The lowest BCUT2D eigenvalue weighted by Crippen LogP contribution is -2.47. The fraction of sp³-hybridized carbons (Fsp3) is 0.786. The first-order valence-electron chi connectivity index (χ1n) is 6.57. The summed E-state index contributed by atoms with van der Waals surface area (Å²) in [5.74, 6) is 0. The molecule has 0 aliphatic carbocycles. The number of likely N-dealkylation sites (N-methyl/N-ethyl adjacent to an activating group) is 1. The fourth-order valence-electron chi connectivity index (χ4n) is 2.08. The quantitative estimate of drug-likeness (QED) is 0.870. The summed E-state index contributed by atoms with van der Waals surface area (Å²) in [5, 5.41) is 8.10. The summed E-state index contributed by atoms with van der Waals surface area (Å²) in [5.41, 5.74) is 3.85. The number of hydrogen-bond donors (Lipinski definition) is 1. The lowest BCUT2D eigenvalue weighted by molar-refractivity contribution is 0.185. The normalized spacial score (nSPS) is 14.3. The van der Waals surface area contributed by atoms with E-state index in [0.29, 0.717) is 6.04 Å². The highest BCUT2D eigenvalue weighted by Crippen LogP contribution is 2.21. The fourth-order valence-corrected chi connectivity index (χ4v) is 2.08. The molecule has 0 radical (unpaired) electrons. The van der Waals surface area contributed by atoms with Crippen LogP contribution in [0.1, 0.15) is 43.8 Å². The van der Waals surface area contributed by atoms with Crippen LogP contribution in [0.25, 0.3) is 0 Å². The van der Waals surface area contributed by atoms with E-state index in [2.05, 4.69) is 64.0 Å². The molecule has 0 bridgehead atoms. The average molecular weight is 252 g/mol. The molecule has 18 heavy (non-hydrogen) atoms. The monoisotopic (exact) mass is 252 g/mol. The van der Waals surface area contributed by atoms with E-state index >= 15 is 0 Å². The van der Waals surface area contributed by atoms with Gasteiger partial charge in [-0.2, -0.15) is 5.10 Å². The highest BCUT2D eigenvalue weighted by atomic mass is 15.3. The molecule has 1 atom stereocenters. The van der Waals surface area contributed by atoms with E-state index in [-0.39, 0.29) is 5.54 Å². The number of aromatic nitrogens is 2. The summed E-state index contributed by atoms with van der Waals surface area (Å²) in [6, 6.07) is 0.331. The van der Waals surface area contributed by atoms with Crippen LogP contribution >= 0.6 is 0 Å². The van der Waals surface area contributed by atoms with E-state index in [4.69, 9.17) is 0 Å². The van der Waals surface area contributed by atoms with Crippen molar-refractivity contribution >= 4 is 0 Å². The summed E-state index contributed by atoms with van der Waals surface area (Å²) in [6.45, 7) is 11.9. The van der Waals surface area contributed by atoms with Gasteiger partial charge in [-0.1, -0.05) is 0 Å². The predicted molar refractivity (Wildman–Crippen MR) is 76.9 cm³/mol. The first-order valence-corrected chi connectivity index (χ1v) is 6.57. The van der Waals surface area contributed by atoms with Crippen molar-refractivity contribution < 1.29 is 0 Å². The number of aryl methyl sites for hydroxylation is 2. The number of rotatable bonds is 5. The summed E-state index contributed by atoms with van der Waals surface area (Å²) in [7, 11) is 6.24. The maximum Gasteiger partial charge on any atom is 0.0644 e. The molecular weight excluding hydrogens is 224 g/mol. The number of nitrogens with zero attached hydrogens (tertiary/aromatic N) is 3.